The molecule has 0 saturated carbocycles. The van der Waals surface area contributed by atoms with E-state index in [1.54, 1.807) is 0 Å². The van der Waals surface area contributed by atoms with E-state index in [1.165, 1.54) is 0 Å². The van der Waals surface area contributed by atoms with E-state index in [-0.39, 0.29) is 12.0 Å². The highest BCUT2D eigenvalue weighted by atomic mass is 32.2. The van der Waals surface area contributed by atoms with Gasteiger partial charge in [-0.15, -0.1) is 12.3 Å². The van der Waals surface area contributed by atoms with Crippen molar-refractivity contribution in [3.63, 3.8) is 0 Å². The Balaban J connectivity index is 2.52. The quantitative estimate of drug-likeness (QED) is 0.713. The Morgan fingerprint density at radius 1 is 1.56 bits per heavy atom. The van der Waals surface area contributed by atoms with Crippen molar-refractivity contribution in [1.82, 2.24) is 5.32 Å². The molecule has 4 heteroatoms. The summed E-state index contributed by atoms with van der Waals surface area (Å²) in [4.78, 5) is 0. The Kier molecular flexibility index (Phi) is 5.30. The summed E-state index contributed by atoms with van der Waals surface area (Å²) in [6, 6.07) is 0.272. The fourth-order valence-corrected chi connectivity index (χ4v) is 4.09. The maximum Gasteiger partial charge on any atom is 0.150 e. The standard InChI is InChI=1S/C12H21NO2S/c1-3-5-6-12(13-8-4-2)11-7-9-16(14,15)10-11/h1,11-13H,4-10H2,2H3. The Bertz CT molecular complexity index is 343. The predicted octanol–water partition coefficient (Wildman–Crippen LogP) is 1.20. The van der Waals surface area contributed by atoms with Crippen LogP contribution in [0.2, 0.25) is 0 Å². The average Bonchev–Trinajstić information content (AvgIpc) is 2.59. The zero-order valence-corrected chi connectivity index (χ0v) is 10.7. The fourth-order valence-electron chi connectivity index (χ4n) is 2.21. The van der Waals surface area contributed by atoms with Crippen LogP contribution in [-0.2, 0) is 9.84 Å². The van der Waals surface area contributed by atoms with Crippen molar-refractivity contribution in [3.8, 4) is 12.3 Å². The second-order valence-corrected chi connectivity index (χ2v) is 6.70. The van der Waals surface area contributed by atoms with Gasteiger partial charge in [0.25, 0.3) is 0 Å². The van der Waals surface area contributed by atoms with Gasteiger partial charge in [-0.05, 0) is 31.7 Å². The number of hydrogen-bond donors (Lipinski definition) is 1. The second-order valence-electron chi connectivity index (χ2n) is 4.47. The predicted molar refractivity (Wildman–Crippen MR) is 66.9 cm³/mol. The lowest BCUT2D eigenvalue weighted by molar-refractivity contribution is 0.365. The minimum absolute atomic E-state index is 0.255. The maximum absolute atomic E-state index is 11.4. The van der Waals surface area contributed by atoms with E-state index >= 15 is 0 Å². The summed E-state index contributed by atoms with van der Waals surface area (Å²) in [5, 5.41) is 3.42. The summed E-state index contributed by atoms with van der Waals surface area (Å²) < 4.78 is 22.8. The fraction of sp³-hybridized carbons (Fsp3) is 0.833. The van der Waals surface area contributed by atoms with E-state index in [9.17, 15) is 8.42 Å². The van der Waals surface area contributed by atoms with E-state index < -0.39 is 9.84 Å². The first kappa shape index (κ1) is 13.5. The maximum atomic E-state index is 11.4. The third-order valence-corrected chi connectivity index (χ3v) is 4.89. The molecule has 0 amide bonds. The minimum Gasteiger partial charge on any atom is -0.314 e. The number of terminal acetylenes is 1. The number of hydrogen-bond acceptors (Lipinski definition) is 3. The van der Waals surface area contributed by atoms with Crippen LogP contribution in [-0.4, -0.2) is 32.5 Å². The summed E-state index contributed by atoms with van der Waals surface area (Å²) in [6.07, 6.45) is 8.71. The van der Waals surface area contributed by atoms with Gasteiger partial charge in [0.05, 0.1) is 11.5 Å². The molecule has 1 aliphatic rings. The highest BCUT2D eigenvalue weighted by molar-refractivity contribution is 7.91. The van der Waals surface area contributed by atoms with Gasteiger partial charge in [0.2, 0.25) is 0 Å². The highest BCUT2D eigenvalue weighted by Gasteiger charge is 2.32. The summed E-state index contributed by atoms with van der Waals surface area (Å²) in [5.41, 5.74) is 0. The zero-order chi connectivity index (χ0) is 12.0. The molecule has 1 fully saturated rings. The van der Waals surface area contributed by atoms with E-state index in [0.717, 1.165) is 32.2 Å². The molecular weight excluding hydrogens is 222 g/mol. The Labute approximate surface area is 98.9 Å². The number of sulfone groups is 1. The smallest absolute Gasteiger partial charge is 0.150 e. The lowest BCUT2D eigenvalue weighted by atomic mass is 9.95. The monoisotopic (exact) mass is 243 g/mol. The molecule has 2 unspecified atom stereocenters. The van der Waals surface area contributed by atoms with Crippen LogP contribution >= 0.6 is 0 Å². The molecule has 0 bridgehead atoms. The summed E-state index contributed by atoms with van der Waals surface area (Å²) in [5.74, 6) is 3.56. The van der Waals surface area contributed by atoms with Gasteiger partial charge in [-0.3, -0.25) is 0 Å². The van der Waals surface area contributed by atoms with Gasteiger partial charge < -0.3 is 5.32 Å². The van der Waals surface area contributed by atoms with Crippen LogP contribution in [0.15, 0.2) is 0 Å². The molecule has 0 aliphatic carbocycles. The molecule has 0 aromatic heterocycles. The van der Waals surface area contributed by atoms with Crippen molar-refractivity contribution < 1.29 is 8.42 Å². The second kappa shape index (κ2) is 6.27. The highest BCUT2D eigenvalue weighted by Crippen LogP contribution is 2.24. The van der Waals surface area contributed by atoms with Gasteiger partial charge in [0.15, 0.2) is 9.84 Å². The van der Waals surface area contributed by atoms with Crippen molar-refractivity contribution in [2.45, 2.75) is 38.6 Å². The van der Waals surface area contributed by atoms with Crippen LogP contribution in [0.25, 0.3) is 0 Å². The SMILES string of the molecule is C#CCCC(NCCC)C1CCS(=O)(=O)C1. The lowest BCUT2D eigenvalue weighted by Crippen LogP contribution is -2.37. The normalized spacial score (nSPS) is 25.1. The molecule has 0 spiro atoms. The van der Waals surface area contributed by atoms with E-state index in [0.29, 0.717) is 11.5 Å². The van der Waals surface area contributed by atoms with Crippen LogP contribution in [0, 0.1) is 18.3 Å². The Morgan fingerprint density at radius 2 is 2.31 bits per heavy atom. The molecule has 0 aromatic carbocycles. The van der Waals surface area contributed by atoms with Crippen molar-refractivity contribution in [2.24, 2.45) is 5.92 Å². The molecule has 16 heavy (non-hydrogen) atoms. The molecule has 1 aliphatic heterocycles. The molecule has 1 saturated heterocycles. The molecular formula is C12H21NO2S. The summed E-state index contributed by atoms with van der Waals surface area (Å²) >= 11 is 0. The summed E-state index contributed by atoms with van der Waals surface area (Å²) in [6.45, 7) is 3.04. The number of nitrogens with one attached hydrogen (secondary N) is 1. The molecule has 1 rings (SSSR count). The molecule has 3 nitrogen and oxygen atoms in total. The van der Waals surface area contributed by atoms with Crippen molar-refractivity contribution in [1.29, 1.82) is 0 Å². The third-order valence-electron chi connectivity index (χ3n) is 3.09. The number of rotatable bonds is 6. The zero-order valence-electron chi connectivity index (χ0n) is 9.91. The lowest BCUT2D eigenvalue weighted by Gasteiger charge is -2.23. The van der Waals surface area contributed by atoms with Crippen LogP contribution < -0.4 is 5.32 Å². The topological polar surface area (TPSA) is 46.2 Å². The first-order valence-corrected chi connectivity index (χ1v) is 7.78. The largest absolute Gasteiger partial charge is 0.314 e. The molecule has 2 atom stereocenters. The van der Waals surface area contributed by atoms with Crippen molar-refractivity contribution >= 4 is 9.84 Å². The van der Waals surface area contributed by atoms with Crippen molar-refractivity contribution in [3.05, 3.63) is 0 Å². The van der Waals surface area contributed by atoms with Gasteiger partial charge in [0.1, 0.15) is 0 Å². The van der Waals surface area contributed by atoms with Crippen LogP contribution in [0.4, 0.5) is 0 Å². The minimum atomic E-state index is -2.78. The first-order valence-electron chi connectivity index (χ1n) is 5.96. The van der Waals surface area contributed by atoms with Gasteiger partial charge >= 0.3 is 0 Å². The Morgan fingerprint density at radius 3 is 2.81 bits per heavy atom. The molecule has 92 valence electrons. The molecule has 0 aromatic rings. The van der Waals surface area contributed by atoms with Crippen LogP contribution in [0.5, 0.6) is 0 Å². The van der Waals surface area contributed by atoms with Crippen molar-refractivity contribution in [2.75, 3.05) is 18.1 Å². The van der Waals surface area contributed by atoms with Gasteiger partial charge in [-0.2, -0.15) is 0 Å². The third kappa shape index (κ3) is 4.15. The molecule has 0 radical (unpaired) electrons. The molecule has 1 heterocycles. The average molecular weight is 243 g/mol. The first-order chi connectivity index (χ1) is 7.59. The van der Waals surface area contributed by atoms with Gasteiger partial charge in [0, 0.05) is 12.5 Å². The van der Waals surface area contributed by atoms with E-state index in [4.69, 9.17) is 6.42 Å². The van der Waals surface area contributed by atoms with Crippen LogP contribution in [0.1, 0.15) is 32.6 Å². The Hall–Kier alpha value is -0.530. The van der Waals surface area contributed by atoms with E-state index in [1.807, 2.05) is 0 Å². The summed E-state index contributed by atoms with van der Waals surface area (Å²) in [7, 11) is -2.78. The molecule has 1 N–H and O–H groups in total. The van der Waals surface area contributed by atoms with Crippen LogP contribution in [0.3, 0.4) is 0 Å². The van der Waals surface area contributed by atoms with Gasteiger partial charge in [-0.25, -0.2) is 8.42 Å². The van der Waals surface area contributed by atoms with E-state index in [2.05, 4.69) is 18.2 Å². The van der Waals surface area contributed by atoms with Gasteiger partial charge in [-0.1, -0.05) is 6.92 Å².